The van der Waals surface area contributed by atoms with Crippen LogP contribution in [0.5, 0.6) is 0 Å². The molecule has 2 unspecified atom stereocenters. The van der Waals surface area contributed by atoms with Gasteiger partial charge in [-0.2, -0.15) is 0 Å². The quantitative estimate of drug-likeness (QED) is 0.855. The van der Waals surface area contributed by atoms with Crippen LogP contribution in [0.15, 0.2) is 30.3 Å². The van der Waals surface area contributed by atoms with Crippen molar-refractivity contribution < 1.29 is 0 Å². The third-order valence-corrected chi connectivity index (χ3v) is 5.01. The molecule has 1 aromatic rings. The zero-order chi connectivity index (χ0) is 15.3. The van der Waals surface area contributed by atoms with E-state index >= 15 is 0 Å². The van der Waals surface area contributed by atoms with Crippen LogP contribution in [0.1, 0.15) is 52.5 Å². The molecule has 0 aliphatic carbocycles. The van der Waals surface area contributed by atoms with E-state index in [9.17, 15) is 0 Å². The first kappa shape index (κ1) is 16.5. The van der Waals surface area contributed by atoms with Crippen molar-refractivity contribution in [2.24, 2.45) is 0 Å². The lowest BCUT2D eigenvalue weighted by Gasteiger charge is -2.47. The van der Waals surface area contributed by atoms with Gasteiger partial charge in [0, 0.05) is 24.2 Å². The molecule has 2 atom stereocenters. The van der Waals surface area contributed by atoms with E-state index < -0.39 is 0 Å². The number of hydrogen-bond acceptors (Lipinski definition) is 2. The SMILES string of the molecule is CCNC1CCN(C(C)(C)CCc2ccccc2)C(C)C1. The third-order valence-electron chi connectivity index (χ3n) is 5.01. The summed E-state index contributed by atoms with van der Waals surface area (Å²) in [7, 11) is 0. The molecule has 1 heterocycles. The van der Waals surface area contributed by atoms with Crippen LogP contribution in [-0.4, -0.2) is 35.6 Å². The first-order valence-corrected chi connectivity index (χ1v) is 8.57. The summed E-state index contributed by atoms with van der Waals surface area (Å²) in [4.78, 5) is 2.73. The van der Waals surface area contributed by atoms with Crippen LogP contribution in [0.4, 0.5) is 0 Å². The van der Waals surface area contributed by atoms with Crippen molar-refractivity contribution in [1.29, 1.82) is 0 Å². The first-order valence-electron chi connectivity index (χ1n) is 8.57. The van der Waals surface area contributed by atoms with Gasteiger partial charge < -0.3 is 5.32 Å². The Kier molecular flexibility index (Phi) is 5.83. The molecule has 21 heavy (non-hydrogen) atoms. The maximum atomic E-state index is 3.62. The Bertz CT molecular complexity index is 413. The minimum absolute atomic E-state index is 0.284. The predicted octanol–water partition coefficient (Wildman–Crippen LogP) is 3.86. The largest absolute Gasteiger partial charge is 0.314 e. The second kappa shape index (κ2) is 7.42. The molecule has 2 rings (SSSR count). The summed E-state index contributed by atoms with van der Waals surface area (Å²) >= 11 is 0. The van der Waals surface area contributed by atoms with Gasteiger partial charge in [-0.1, -0.05) is 37.3 Å². The molecule has 0 aromatic heterocycles. The minimum atomic E-state index is 0.284. The highest BCUT2D eigenvalue weighted by Gasteiger charge is 2.34. The monoisotopic (exact) mass is 288 g/mol. The molecule has 118 valence electrons. The maximum Gasteiger partial charge on any atom is 0.0159 e. The van der Waals surface area contributed by atoms with Crippen LogP contribution in [0.25, 0.3) is 0 Å². The lowest BCUT2D eigenvalue weighted by Crippen LogP contribution is -2.55. The number of benzene rings is 1. The highest BCUT2D eigenvalue weighted by molar-refractivity contribution is 5.15. The molecule has 0 saturated carbocycles. The number of piperidine rings is 1. The fourth-order valence-electron chi connectivity index (χ4n) is 3.78. The highest BCUT2D eigenvalue weighted by atomic mass is 15.2. The van der Waals surface area contributed by atoms with Gasteiger partial charge in [0.2, 0.25) is 0 Å². The average molecular weight is 288 g/mol. The molecule has 1 aromatic carbocycles. The Balaban J connectivity index is 1.90. The van der Waals surface area contributed by atoms with E-state index in [4.69, 9.17) is 0 Å². The van der Waals surface area contributed by atoms with Crippen molar-refractivity contribution in [2.45, 2.75) is 71.0 Å². The molecule has 0 bridgehead atoms. The summed E-state index contributed by atoms with van der Waals surface area (Å²) < 4.78 is 0. The highest BCUT2D eigenvalue weighted by Crippen LogP contribution is 2.29. The van der Waals surface area contributed by atoms with Gasteiger partial charge in [0.05, 0.1) is 0 Å². The van der Waals surface area contributed by atoms with Gasteiger partial charge in [-0.25, -0.2) is 0 Å². The number of nitrogens with one attached hydrogen (secondary N) is 1. The van der Waals surface area contributed by atoms with E-state index in [0.29, 0.717) is 12.1 Å². The van der Waals surface area contributed by atoms with Gasteiger partial charge in [0.1, 0.15) is 0 Å². The number of rotatable bonds is 6. The molecular formula is C19H32N2. The van der Waals surface area contributed by atoms with E-state index in [1.807, 2.05) is 0 Å². The van der Waals surface area contributed by atoms with Crippen molar-refractivity contribution in [3.8, 4) is 0 Å². The fourth-order valence-corrected chi connectivity index (χ4v) is 3.78. The van der Waals surface area contributed by atoms with Gasteiger partial charge in [-0.3, -0.25) is 4.90 Å². The standard InChI is InChI=1S/C19H32N2/c1-5-20-18-12-14-21(16(2)15-18)19(3,4)13-11-17-9-7-6-8-10-17/h6-10,16,18,20H,5,11-15H2,1-4H3. The Morgan fingerprint density at radius 3 is 2.57 bits per heavy atom. The van der Waals surface area contributed by atoms with Crippen molar-refractivity contribution in [3.05, 3.63) is 35.9 Å². The van der Waals surface area contributed by atoms with Gasteiger partial charge in [0.15, 0.2) is 0 Å². The summed E-state index contributed by atoms with van der Waals surface area (Å²) in [6.07, 6.45) is 4.97. The molecule has 0 spiro atoms. The number of aryl methyl sites for hydroxylation is 1. The number of likely N-dealkylation sites (tertiary alicyclic amines) is 1. The summed E-state index contributed by atoms with van der Waals surface area (Å²) in [6, 6.07) is 12.3. The molecule has 1 N–H and O–H groups in total. The number of nitrogens with zero attached hydrogens (tertiary/aromatic N) is 1. The molecule has 1 aliphatic heterocycles. The fraction of sp³-hybridized carbons (Fsp3) is 0.684. The van der Waals surface area contributed by atoms with Gasteiger partial charge in [-0.05, 0) is 58.6 Å². The van der Waals surface area contributed by atoms with Crippen LogP contribution in [0.3, 0.4) is 0 Å². The normalized spacial score (nSPS) is 24.2. The van der Waals surface area contributed by atoms with Gasteiger partial charge in [-0.15, -0.1) is 0 Å². The molecule has 2 heteroatoms. The third kappa shape index (κ3) is 4.55. The van der Waals surface area contributed by atoms with E-state index in [-0.39, 0.29) is 5.54 Å². The molecule has 1 fully saturated rings. The Hall–Kier alpha value is -0.860. The van der Waals surface area contributed by atoms with E-state index in [2.05, 4.69) is 68.2 Å². The summed E-state index contributed by atoms with van der Waals surface area (Å²) in [5.41, 5.74) is 1.74. The van der Waals surface area contributed by atoms with Crippen LogP contribution in [-0.2, 0) is 6.42 Å². The summed E-state index contributed by atoms with van der Waals surface area (Å²) in [5.74, 6) is 0. The predicted molar refractivity (Wildman–Crippen MR) is 91.7 cm³/mol. The van der Waals surface area contributed by atoms with E-state index in [1.165, 1.54) is 37.8 Å². The number of hydrogen-bond donors (Lipinski definition) is 1. The second-order valence-corrected chi connectivity index (χ2v) is 7.12. The lowest BCUT2D eigenvalue weighted by molar-refractivity contribution is 0.0317. The molecule has 2 nitrogen and oxygen atoms in total. The van der Waals surface area contributed by atoms with Crippen molar-refractivity contribution in [1.82, 2.24) is 10.2 Å². The van der Waals surface area contributed by atoms with E-state index in [1.54, 1.807) is 0 Å². The van der Waals surface area contributed by atoms with Crippen LogP contribution in [0.2, 0.25) is 0 Å². The maximum absolute atomic E-state index is 3.62. The molecule has 1 saturated heterocycles. The van der Waals surface area contributed by atoms with Crippen molar-refractivity contribution >= 4 is 0 Å². The smallest absolute Gasteiger partial charge is 0.0159 e. The molecule has 0 radical (unpaired) electrons. The summed E-state index contributed by atoms with van der Waals surface area (Å²) in [6.45, 7) is 11.8. The first-order chi connectivity index (χ1) is 10.0. The van der Waals surface area contributed by atoms with E-state index in [0.717, 1.165) is 6.54 Å². The van der Waals surface area contributed by atoms with Crippen molar-refractivity contribution in [2.75, 3.05) is 13.1 Å². The zero-order valence-corrected chi connectivity index (χ0v) is 14.2. The molecular weight excluding hydrogens is 256 g/mol. The van der Waals surface area contributed by atoms with Crippen molar-refractivity contribution in [3.63, 3.8) is 0 Å². The van der Waals surface area contributed by atoms with Gasteiger partial charge in [0.25, 0.3) is 0 Å². The molecule has 1 aliphatic rings. The molecule has 0 amide bonds. The van der Waals surface area contributed by atoms with Crippen LogP contribution < -0.4 is 5.32 Å². The average Bonchev–Trinajstić information content (AvgIpc) is 2.46. The summed E-state index contributed by atoms with van der Waals surface area (Å²) in [5, 5.41) is 3.62. The Labute approximate surface area is 130 Å². The second-order valence-electron chi connectivity index (χ2n) is 7.12. The van der Waals surface area contributed by atoms with Gasteiger partial charge >= 0.3 is 0 Å². The van der Waals surface area contributed by atoms with Crippen LogP contribution >= 0.6 is 0 Å². The Morgan fingerprint density at radius 2 is 1.95 bits per heavy atom. The lowest BCUT2D eigenvalue weighted by atomic mass is 9.87. The van der Waals surface area contributed by atoms with Crippen LogP contribution in [0, 0.1) is 0 Å². The topological polar surface area (TPSA) is 15.3 Å². The zero-order valence-electron chi connectivity index (χ0n) is 14.2. The minimum Gasteiger partial charge on any atom is -0.314 e. The Morgan fingerprint density at radius 1 is 1.24 bits per heavy atom.